The molecule has 0 radical (unpaired) electrons. The van der Waals surface area contributed by atoms with Crippen molar-refractivity contribution in [1.29, 1.82) is 0 Å². The fourth-order valence-corrected chi connectivity index (χ4v) is 2.00. The van der Waals surface area contributed by atoms with Crippen molar-refractivity contribution in [3.8, 4) is 5.75 Å². The summed E-state index contributed by atoms with van der Waals surface area (Å²) in [7, 11) is 0. The highest BCUT2D eigenvalue weighted by Gasteiger charge is 2.12. The highest BCUT2D eigenvalue weighted by molar-refractivity contribution is 5.30. The summed E-state index contributed by atoms with van der Waals surface area (Å²) < 4.78 is 5.75. The Labute approximate surface area is 121 Å². The summed E-state index contributed by atoms with van der Waals surface area (Å²) in [6.45, 7) is 7.20. The van der Waals surface area contributed by atoms with Gasteiger partial charge in [0.15, 0.2) is 0 Å². The van der Waals surface area contributed by atoms with Crippen molar-refractivity contribution in [1.82, 2.24) is 0 Å². The van der Waals surface area contributed by atoms with Crippen LogP contribution in [0.3, 0.4) is 0 Å². The monoisotopic (exact) mass is 270 g/mol. The first kappa shape index (κ1) is 14.6. The normalized spacial score (nSPS) is 11.4. The largest absolute Gasteiger partial charge is 0.489 e. The fourth-order valence-electron chi connectivity index (χ4n) is 2.00. The Morgan fingerprint density at radius 1 is 0.950 bits per heavy atom. The van der Waals surface area contributed by atoms with E-state index >= 15 is 0 Å². The molecule has 20 heavy (non-hydrogen) atoms. The van der Waals surface area contributed by atoms with Gasteiger partial charge in [0.05, 0.1) is 6.61 Å². The summed E-state index contributed by atoms with van der Waals surface area (Å²) in [5.41, 5.74) is 3.51. The summed E-state index contributed by atoms with van der Waals surface area (Å²) >= 11 is 0. The van der Waals surface area contributed by atoms with Crippen LogP contribution in [-0.4, -0.2) is 5.11 Å². The second kappa shape index (κ2) is 6.10. The summed E-state index contributed by atoms with van der Waals surface area (Å²) in [5.74, 6) is 0.788. The van der Waals surface area contributed by atoms with Gasteiger partial charge in [-0.1, -0.05) is 57.2 Å². The van der Waals surface area contributed by atoms with Gasteiger partial charge in [0.2, 0.25) is 0 Å². The van der Waals surface area contributed by atoms with Gasteiger partial charge in [-0.15, -0.1) is 0 Å². The van der Waals surface area contributed by atoms with E-state index in [0.29, 0.717) is 6.61 Å². The molecule has 0 unspecified atom stereocenters. The van der Waals surface area contributed by atoms with Crippen molar-refractivity contribution in [2.45, 2.75) is 39.4 Å². The number of benzene rings is 2. The number of rotatable bonds is 4. The van der Waals surface area contributed by atoms with Crippen LogP contribution in [-0.2, 0) is 18.6 Å². The summed E-state index contributed by atoms with van der Waals surface area (Å²) in [5, 5.41) is 9.10. The fraction of sp³-hybridized carbons (Fsp3) is 0.333. The highest BCUT2D eigenvalue weighted by Crippen LogP contribution is 2.22. The highest BCUT2D eigenvalue weighted by atomic mass is 16.5. The van der Waals surface area contributed by atoms with E-state index in [-0.39, 0.29) is 12.0 Å². The number of aliphatic hydroxyl groups is 1. The first-order valence-corrected chi connectivity index (χ1v) is 6.91. The number of hydrogen-bond acceptors (Lipinski definition) is 2. The Kier molecular flexibility index (Phi) is 4.46. The maximum absolute atomic E-state index is 9.10. The molecule has 0 saturated heterocycles. The molecule has 2 aromatic carbocycles. The molecule has 0 fully saturated rings. The van der Waals surface area contributed by atoms with E-state index in [0.717, 1.165) is 16.9 Å². The Balaban J connectivity index is 2.00. The molecule has 0 saturated carbocycles. The molecule has 0 aliphatic rings. The zero-order chi connectivity index (χ0) is 14.6. The average Bonchev–Trinajstić information content (AvgIpc) is 2.45. The number of aliphatic hydroxyl groups excluding tert-OH is 1. The molecule has 0 aromatic heterocycles. The van der Waals surface area contributed by atoms with Crippen LogP contribution < -0.4 is 4.74 Å². The molecule has 0 heterocycles. The van der Waals surface area contributed by atoms with Crippen LogP contribution in [0.5, 0.6) is 5.75 Å². The third kappa shape index (κ3) is 3.84. The lowest BCUT2D eigenvalue weighted by Crippen LogP contribution is -2.10. The SMILES string of the molecule is CC(C)(C)c1ccc(COc2cccc(CO)c2)cc1. The average molecular weight is 270 g/mol. The van der Waals surface area contributed by atoms with Crippen LogP contribution in [0.25, 0.3) is 0 Å². The molecule has 0 spiro atoms. The Morgan fingerprint density at radius 3 is 2.25 bits per heavy atom. The second-order valence-electron chi connectivity index (χ2n) is 6.04. The van der Waals surface area contributed by atoms with Gasteiger partial charge in [0.25, 0.3) is 0 Å². The van der Waals surface area contributed by atoms with Crippen molar-refractivity contribution in [3.05, 3.63) is 65.2 Å². The van der Waals surface area contributed by atoms with E-state index in [2.05, 4.69) is 45.0 Å². The zero-order valence-corrected chi connectivity index (χ0v) is 12.4. The molecule has 0 aliphatic carbocycles. The summed E-state index contributed by atoms with van der Waals surface area (Å²) in [4.78, 5) is 0. The predicted octanol–water partition coefficient (Wildman–Crippen LogP) is 4.06. The van der Waals surface area contributed by atoms with Gasteiger partial charge in [-0.3, -0.25) is 0 Å². The van der Waals surface area contributed by atoms with Gasteiger partial charge in [0.1, 0.15) is 12.4 Å². The van der Waals surface area contributed by atoms with Crippen LogP contribution in [0, 0.1) is 0 Å². The van der Waals surface area contributed by atoms with E-state index in [1.54, 1.807) is 0 Å². The molecule has 0 amide bonds. The van der Waals surface area contributed by atoms with Gasteiger partial charge in [-0.05, 0) is 34.2 Å². The van der Waals surface area contributed by atoms with E-state index in [4.69, 9.17) is 9.84 Å². The second-order valence-corrected chi connectivity index (χ2v) is 6.04. The van der Waals surface area contributed by atoms with E-state index in [1.165, 1.54) is 5.56 Å². The topological polar surface area (TPSA) is 29.5 Å². The van der Waals surface area contributed by atoms with Crippen LogP contribution in [0.15, 0.2) is 48.5 Å². The third-order valence-electron chi connectivity index (χ3n) is 3.31. The Bertz CT molecular complexity index is 550. The van der Waals surface area contributed by atoms with Gasteiger partial charge in [0, 0.05) is 0 Å². The number of ether oxygens (including phenoxy) is 1. The first-order chi connectivity index (χ1) is 9.49. The molecule has 2 nitrogen and oxygen atoms in total. The quantitative estimate of drug-likeness (QED) is 0.908. The Morgan fingerprint density at radius 2 is 1.65 bits per heavy atom. The lowest BCUT2D eigenvalue weighted by Gasteiger charge is -2.19. The molecular weight excluding hydrogens is 248 g/mol. The standard InChI is InChI=1S/C18H22O2/c1-18(2,3)16-9-7-14(8-10-16)13-20-17-6-4-5-15(11-17)12-19/h4-11,19H,12-13H2,1-3H3. The zero-order valence-electron chi connectivity index (χ0n) is 12.4. The van der Waals surface area contributed by atoms with Crippen molar-refractivity contribution in [3.63, 3.8) is 0 Å². The Hall–Kier alpha value is -1.80. The molecule has 0 aliphatic heterocycles. The number of hydrogen-bond donors (Lipinski definition) is 1. The van der Waals surface area contributed by atoms with Crippen molar-refractivity contribution >= 4 is 0 Å². The van der Waals surface area contributed by atoms with Crippen molar-refractivity contribution < 1.29 is 9.84 Å². The van der Waals surface area contributed by atoms with Crippen LogP contribution in [0.1, 0.15) is 37.5 Å². The molecular formula is C18H22O2. The van der Waals surface area contributed by atoms with E-state index in [1.807, 2.05) is 24.3 Å². The maximum atomic E-state index is 9.10. The molecule has 2 heteroatoms. The van der Waals surface area contributed by atoms with E-state index < -0.39 is 0 Å². The third-order valence-corrected chi connectivity index (χ3v) is 3.31. The smallest absolute Gasteiger partial charge is 0.120 e. The molecule has 2 aromatic rings. The predicted molar refractivity (Wildman–Crippen MR) is 81.8 cm³/mol. The van der Waals surface area contributed by atoms with Crippen molar-refractivity contribution in [2.24, 2.45) is 0 Å². The van der Waals surface area contributed by atoms with Gasteiger partial charge < -0.3 is 9.84 Å². The molecule has 2 rings (SSSR count). The lowest BCUT2D eigenvalue weighted by molar-refractivity contribution is 0.278. The van der Waals surface area contributed by atoms with Gasteiger partial charge in [-0.2, -0.15) is 0 Å². The maximum Gasteiger partial charge on any atom is 0.120 e. The lowest BCUT2D eigenvalue weighted by atomic mass is 9.87. The molecule has 0 bridgehead atoms. The summed E-state index contributed by atoms with van der Waals surface area (Å²) in [6, 6.07) is 16.1. The minimum Gasteiger partial charge on any atom is -0.489 e. The molecule has 1 N–H and O–H groups in total. The van der Waals surface area contributed by atoms with Gasteiger partial charge in [-0.25, -0.2) is 0 Å². The van der Waals surface area contributed by atoms with Crippen LogP contribution in [0.2, 0.25) is 0 Å². The molecule has 0 atom stereocenters. The molecule has 106 valence electrons. The van der Waals surface area contributed by atoms with Crippen LogP contribution in [0.4, 0.5) is 0 Å². The summed E-state index contributed by atoms with van der Waals surface area (Å²) in [6.07, 6.45) is 0. The van der Waals surface area contributed by atoms with E-state index in [9.17, 15) is 0 Å². The van der Waals surface area contributed by atoms with Crippen LogP contribution >= 0.6 is 0 Å². The van der Waals surface area contributed by atoms with Crippen molar-refractivity contribution in [2.75, 3.05) is 0 Å². The first-order valence-electron chi connectivity index (χ1n) is 6.91. The minimum absolute atomic E-state index is 0.0392. The van der Waals surface area contributed by atoms with Gasteiger partial charge >= 0.3 is 0 Å². The minimum atomic E-state index is 0.0392.